The van der Waals surface area contributed by atoms with Crippen molar-refractivity contribution in [3.8, 4) is 0 Å². The van der Waals surface area contributed by atoms with Gasteiger partial charge in [-0.1, -0.05) is 6.58 Å². The molecule has 0 radical (unpaired) electrons. The molecule has 5 nitrogen and oxygen atoms in total. The van der Waals surface area contributed by atoms with Crippen LogP contribution in [0.2, 0.25) is 0 Å². The number of nitrogen functional groups attached to an aromatic ring is 1. The van der Waals surface area contributed by atoms with Gasteiger partial charge in [0.15, 0.2) is 11.3 Å². The van der Waals surface area contributed by atoms with E-state index >= 15 is 0 Å². The number of hydrogen-bond acceptors (Lipinski definition) is 3. The van der Waals surface area contributed by atoms with Gasteiger partial charge in [0.2, 0.25) is 0 Å². The van der Waals surface area contributed by atoms with E-state index in [4.69, 9.17) is 5.73 Å². The fraction of sp³-hybridized carbons (Fsp3) is 0.125. The third kappa shape index (κ3) is 1.14. The predicted octanol–water partition coefficient (Wildman–Crippen LogP) is 0.306. The van der Waals surface area contributed by atoms with Gasteiger partial charge >= 0.3 is 5.95 Å². The van der Waals surface area contributed by atoms with E-state index in [0.717, 1.165) is 11.2 Å². The lowest BCUT2D eigenvalue weighted by Crippen LogP contribution is -2.07. The van der Waals surface area contributed by atoms with Crippen molar-refractivity contribution in [1.82, 2.24) is 15.0 Å². The van der Waals surface area contributed by atoms with Crippen LogP contribution in [0, 0.1) is 6.92 Å². The summed E-state index contributed by atoms with van der Waals surface area (Å²) in [5, 5.41) is 0. The number of rotatable bonds is 1. The summed E-state index contributed by atoms with van der Waals surface area (Å²) in [6, 6.07) is 0. The molecule has 0 spiro atoms. The molecule has 0 aromatic carbocycles. The van der Waals surface area contributed by atoms with E-state index in [9.17, 15) is 0 Å². The Balaban J connectivity index is 2.88. The van der Waals surface area contributed by atoms with Crippen LogP contribution in [0.3, 0.4) is 0 Å². The summed E-state index contributed by atoms with van der Waals surface area (Å²) in [5.41, 5.74) is 7.81. The number of aryl methyl sites for hydroxylation is 1. The molecule has 2 heterocycles. The van der Waals surface area contributed by atoms with Gasteiger partial charge in [0.05, 0.1) is 0 Å². The molecule has 0 amide bonds. The van der Waals surface area contributed by atoms with Crippen LogP contribution >= 0.6 is 0 Å². The van der Waals surface area contributed by atoms with Gasteiger partial charge in [-0.3, -0.25) is 4.98 Å². The van der Waals surface area contributed by atoms with Gasteiger partial charge in [-0.25, -0.2) is 9.97 Å². The van der Waals surface area contributed by atoms with Gasteiger partial charge in [-0.15, -0.1) is 4.98 Å². The van der Waals surface area contributed by atoms with Gasteiger partial charge in [0.25, 0.3) is 5.65 Å². The largest absolute Gasteiger partial charge is 0.310 e. The van der Waals surface area contributed by atoms with Crippen molar-refractivity contribution >= 4 is 23.2 Å². The number of fused-ring (bicyclic) bond motifs is 1. The summed E-state index contributed by atoms with van der Waals surface area (Å²) in [7, 11) is 0. The summed E-state index contributed by atoms with van der Waals surface area (Å²) in [6.45, 7) is 5.49. The van der Waals surface area contributed by atoms with Crippen LogP contribution in [0.4, 0.5) is 5.95 Å². The smallest absolute Gasteiger partial charge is 0.310 e. The molecule has 2 aromatic rings. The van der Waals surface area contributed by atoms with Crippen LogP contribution in [-0.4, -0.2) is 15.0 Å². The summed E-state index contributed by atoms with van der Waals surface area (Å²) >= 11 is 0. The zero-order chi connectivity index (χ0) is 9.42. The SMILES string of the molecule is C=Cc1nc(C)nc2[nH+]c(N)[nH]c12. The molecule has 0 unspecified atom stereocenters. The molecular weight excluding hydrogens is 166 g/mol. The lowest BCUT2D eigenvalue weighted by Gasteiger charge is -1.91. The first-order chi connectivity index (χ1) is 6.20. The topological polar surface area (TPSA) is 81.7 Å². The number of nitrogens with two attached hydrogens (primary N) is 1. The zero-order valence-electron chi connectivity index (χ0n) is 7.26. The Morgan fingerprint density at radius 2 is 2.31 bits per heavy atom. The Morgan fingerprint density at radius 3 is 3.00 bits per heavy atom. The highest BCUT2D eigenvalue weighted by atomic mass is 15.1. The molecule has 0 saturated carbocycles. The van der Waals surface area contributed by atoms with Crippen molar-refractivity contribution < 1.29 is 4.98 Å². The Morgan fingerprint density at radius 1 is 1.54 bits per heavy atom. The Bertz CT molecular complexity index is 471. The molecule has 0 fully saturated rings. The molecule has 0 aliphatic carbocycles. The number of nitrogens with zero attached hydrogens (tertiary/aromatic N) is 2. The van der Waals surface area contributed by atoms with Crippen LogP contribution in [0.1, 0.15) is 11.5 Å². The summed E-state index contributed by atoms with van der Waals surface area (Å²) in [6.07, 6.45) is 1.67. The first-order valence-electron chi connectivity index (χ1n) is 3.88. The number of aromatic amines is 2. The van der Waals surface area contributed by atoms with Crippen LogP contribution in [-0.2, 0) is 0 Å². The second-order valence-corrected chi connectivity index (χ2v) is 2.75. The van der Waals surface area contributed by atoms with Crippen LogP contribution in [0.15, 0.2) is 6.58 Å². The lowest BCUT2D eigenvalue weighted by atomic mass is 10.3. The summed E-state index contributed by atoms with van der Waals surface area (Å²) in [5.74, 6) is 1.16. The highest BCUT2D eigenvalue weighted by Gasteiger charge is 2.11. The van der Waals surface area contributed by atoms with E-state index in [-0.39, 0.29) is 0 Å². The van der Waals surface area contributed by atoms with E-state index in [2.05, 4.69) is 26.5 Å². The number of H-pyrrole nitrogens is 2. The Labute approximate surface area is 74.7 Å². The molecule has 2 rings (SSSR count). The van der Waals surface area contributed by atoms with E-state index in [1.165, 1.54) is 0 Å². The minimum absolute atomic E-state index is 0.470. The Hall–Kier alpha value is -1.91. The third-order valence-corrected chi connectivity index (χ3v) is 1.75. The van der Waals surface area contributed by atoms with Crippen LogP contribution in [0.5, 0.6) is 0 Å². The molecule has 0 atom stereocenters. The monoisotopic (exact) mass is 176 g/mol. The normalized spacial score (nSPS) is 10.5. The number of aromatic nitrogens is 4. The van der Waals surface area contributed by atoms with Gasteiger partial charge < -0.3 is 5.73 Å². The maximum absolute atomic E-state index is 5.55. The summed E-state index contributed by atoms with van der Waals surface area (Å²) in [4.78, 5) is 14.2. The molecule has 5 heteroatoms. The molecule has 2 aromatic heterocycles. The molecular formula is C8H10N5+. The van der Waals surface area contributed by atoms with Crippen molar-refractivity contribution in [3.63, 3.8) is 0 Å². The highest BCUT2D eigenvalue weighted by molar-refractivity contribution is 5.77. The average molecular weight is 176 g/mol. The van der Waals surface area contributed by atoms with Crippen molar-refractivity contribution in [2.24, 2.45) is 0 Å². The number of anilines is 1. The zero-order valence-corrected chi connectivity index (χ0v) is 7.26. The predicted molar refractivity (Wildman–Crippen MR) is 49.7 cm³/mol. The molecule has 0 aliphatic rings. The van der Waals surface area contributed by atoms with E-state index in [0.29, 0.717) is 17.4 Å². The van der Waals surface area contributed by atoms with Gasteiger partial charge in [-0.05, 0) is 6.08 Å². The lowest BCUT2D eigenvalue weighted by molar-refractivity contribution is -0.329. The van der Waals surface area contributed by atoms with Crippen molar-refractivity contribution in [1.29, 1.82) is 0 Å². The minimum atomic E-state index is 0.470. The molecule has 66 valence electrons. The standard InChI is InChI=1S/C8H9N5/c1-3-5-6-7(11-4(2)10-5)13-8(9)12-6/h3H,1H2,2H3,(H3,9,10,11,12,13)/p+1. The fourth-order valence-electron chi connectivity index (χ4n) is 1.25. The van der Waals surface area contributed by atoms with E-state index in [1.807, 2.05) is 6.92 Å². The average Bonchev–Trinajstić information content (AvgIpc) is 2.43. The molecule has 4 N–H and O–H groups in total. The van der Waals surface area contributed by atoms with Crippen LogP contribution < -0.4 is 10.7 Å². The fourth-order valence-corrected chi connectivity index (χ4v) is 1.25. The second-order valence-electron chi connectivity index (χ2n) is 2.75. The third-order valence-electron chi connectivity index (χ3n) is 1.75. The Kier molecular flexibility index (Phi) is 1.51. The van der Waals surface area contributed by atoms with Crippen molar-refractivity contribution in [2.45, 2.75) is 6.92 Å². The second kappa shape index (κ2) is 2.55. The van der Waals surface area contributed by atoms with E-state index < -0.39 is 0 Å². The maximum atomic E-state index is 5.55. The molecule has 0 bridgehead atoms. The molecule has 13 heavy (non-hydrogen) atoms. The first kappa shape index (κ1) is 7.72. The number of imidazole rings is 1. The van der Waals surface area contributed by atoms with Crippen molar-refractivity contribution in [2.75, 3.05) is 5.73 Å². The van der Waals surface area contributed by atoms with E-state index in [1.54, 1.807) is 6.08 Å². The van der Waals surface area contributed by atoms with Gasteiger partial charge in [0.1, 0.15) is 5.69 Å². The van der Waals surface area contributed by atoms with Crippen LogP contribution in [0.25, 0.3) is 17.2 Å². The minimum Gasteiger partial charge on any atom is -0.310 e. The quantitative estimate of drug-likeness (QED) is 0.655. The van der Waals surface area contributed by atoms with Gasteiger partial charge in [0, 0.05) is 6.92 Å². The van der Waals surface area contributed by atoms with Crippen molar-refractivity contribution in [3.05, 3.63) is 18.1 Å². The maximum Gasteiger partial charge on any atom is 0.310 e. The first-order valence-corrected chi connectivity index (χ1v) is 3.88. The van der Waals surface area contributed by atoms with Gasteiger partial charge in [-0.2, -0.15) is 0 Å². The highest BCUT2D eigenvalue weighted by Crippen LogP contribution is 2.11. The molecule has 0 aliphatic heterocycles. The number of hydrogen-bond donors (Lipinski definition) is 2. The molecule has 0 saturated heterocycles. The number of nitrogens with one attached hydrogen (secondary N) is 2. The summed E-state index contributed by atoms with van der Waals surface area (Å²) < 4.78 is 0.